The topological polar surface area (TPSA) is 79.3 Å². The highest BCUT2D eigenvalue weighted by molar-refractivity contribution is 7.13. The van der Waals surface area contributed by atoms with Gasteiger partial charge in [-0.1, -0.05) is 19.3 Å². The van der Waals surface area contributed by atoms with Gasteiger partial charge in [-0.15, -0.1) is 11.3 Å². The van der Waals surface area contributed by atoms with Gasteiger partial charge in [-0.25, -0.2) is 4.98 Å². The fraction of sp³-hybridized carbons (Fsp3) is 0.615. The lowest BCUT2D eigenvalue weighted by Crippen LogP contribution is -2.42. The maximum Gasteiger partial charge on any atom is 0.308 e. The first-order chi connectivity index (χ1) is 9.08. The number of hydrogen-bond donors (Lipinski definition) is 2. The van der Waals surface area contributed by atoms with Crippen LogP contribution in [0.3, 0.4) is 0 Å². The van der Waals surface area contributed by atoms with Crippen LogP contribution in [0.5, 0.6) is 0 Å². The number of amides is 1. The van der Waals surface area contributed by atoms with Crippen LogP contribution in [0.4, 0.5) is 0 Å². The summed E-state index contributed by atoms with van der Waals surface area (Å²) in [6.07, 6.45) is 5.85. The first kappa shape index (κ1) is 14.0. The Bertz CT molecular complexity index is 472. The van der Waals surface area contributed by atoms with Gasteiger partial charge in [-0.3, -0.25) is 9.59 Å². The highest BCUT2D eigenvalue weighted by Gasteiger charge is 2.31. The number of hydrogen-bond acceptors (Lipinski definition) is 4. The Kier molecular flexibility index (Phi) is 4.52. The van der Waals surface area contributed by atoms with Gasteiger partial charge in [0.2, 0.25) is 0 Å². The number of rotatable bonds is 3. The van der Waals surface area contributed by atoms with Crippen molar-refractivity contribution in [1.29, 1.82) is 0 Å². The smallest absolute Gasteiger partial charge is 0.308 e. The van der Waals surface area contributed by atoms with E-state index in [0.29, 0.717) is 11.3 Å². The number of nitrogens with one attached hydrogen (secondary N) is 1. The first-order valence-electron chi connectivity index (χ1n) is 6.54. The quantitative estimate of drug-likeness (QED) is 0.833. The molecule has 2 N–H and O–H groups in total. The Hall–Kier alpha value is -1.43. The van der Waals surface area contributed by atoms with Crippen molar-refractivity contribution in [2.45, 2.75) is 45.1 Å². The van der Waals surface area contributed by atoms with Crippen molar-refractivity contribution >= 4 is 23.2 Å². The lowest BCUT2D eigenvalue weighted by Gasteiger charge is -2.22. The highest BCUT2D eigenvalue weighted by atomic mass is 32.1. The molecule has 0 bridgehead atoms. The third kappa shape index (κ3) is 3.53. The average molecular weight is 282 g/mol. The maximum absolute atomic E-state index is 12.1. The van der Waals surface area contributed by atoms with Crippen molar-refractivity contribution < 1.29 is 14.7 Å². The molecule has 6 heteroatoms. The van der Waals surface area contributed by atoms with E-state index in [1.54, 1.807) is 6.20 Å². The van der Waals surface area contributed by atoms with E-state index in [1.165, 1.54) is 11.3 Å². The maximum atomic E-state index is 12.1. The lowest BCUT2D eigenvalue weighted by atomic mass is 9.95. The van der Waals surface area contributed by atoms with Crippen molar-refractivity contribution in [2.75, 3.05) is 0 Å². The fourth-order valence-electron chi connectivity index (χ4n) is 2.48. The number of carboxylic acid groups (broad SMARTS) is 1. The molecule has 1 amide bonds. The van der Waals surface area contributed by atoms with E-state index >= 15 is 0 Å². The molecule has 1 aliphatic rings. The fourth-order valence-corrected chi connectivity index (χ4v) is 3.16. The minimum atomic E-state index is -0.812. The second-order valence-electron chi connectivity index (χ2n) is 4.91. The molecule has 2 unspecified atom stereocenters. The molecule has 0 aromatic carbocycles. The van der Waals surface area contributed by atoms with Gasteiger partial charge in [0.05, 0.1) is 17.1 Å². The Morgan fingerprint density at radius 1 is 1.37 bits per heavy atom. The molecule has 1 aliphatic carbocycles. The van der Waals surface area contributed by atoms with Crippen LogP contribution >= 0.6 is 11.3 Å². The lowest BCUT2D eigenvalue weighted by molar-refractivity contribution is -0.142. The predicted octanol–water partition coefficient (Wildman–Crippen LogP) is 2.21. The molecule has 0 saturated heterocycles. The van der Waals surface area contributed by atoms with Gasteiger partial charge in [-0.2, -0.15) is 0 Å². The zero-order valence-corrected chi connectivity index (χ0v) is 11.7. The molecule has 0 radical (unpaired) electrons. The third-order valence-corrected chi connectivity index (χ3v) is 4.41. The number of carbonyl (C=O) groups excluding carboxylic acids is 1. The Morgan fingerprint density at radius 2 is 2.11 bits per heavy atom. The molecule has 19 heavy (non-hydrogen) atoms. The van der Waals surface area contributed by atoms with Gasteiger partial charge in [0, 0.05) is 6.04 Å². The van der Waals surface area contributed by atoms with Crippen LogP contribution in [0.25, 0.3) is 0 Å². The van der Waals surface area contributed by atoms with Crippen molar-refractivity contribution in [2.24, 2.45) is 5.92 Å². The number of carboxylic acids is 1. The summed E-state index contributed by atoms with van der Waals surface area (Å²) in [6, 6.07) is -0.269. The number of nitrogens with zero attached hydrogens (tertiary/aromatic N) is 1. The molecule has 0 aliphatic heterocycles. The van der Waals surface area contributed by atoms with Crippen molar-refractivity contribution in [1.82, 2.24) is 10.3 Å². The normalized spacial score (nSPS) is 23.6. The van der Waals surface area contributed by atoms with E-state index in [2.05, 4.69) is 10.3 Å². The zero-order valence-electron chi connectivity index (χ0n) is 10.9. The largest absolute Gasteiger partial charge is 0.481 e. The number of aryl methyl sites for hydroxylation is 1. The number of aromatic nitrogens is 1. The molecule has 1 aromatic rings. The minimum Gasteiger partial charge on any atom is -0.481 e. The summed E-state index contributed by atoms with van der Waals surface area (Å²) in [6.45, 7) is 1.84. The molecular weight excluding hydrogens is 264 g/mol. The summed E-state index contributed by atoms with van der Waals surface area (Å²) in [5, 5.41) is 13.0. The first-order valence-corrected chi connectivity index (χ1v) is 7.35. The Labute approximate surface area is 116 Å². The average Bonchev–Trinajstić information content (AvgIpc) is 2.65. The molecule has 1 saturated carbocycles. The van der Waals surface area contributed by atoms with Crippen LogP contribution in [0.1, 0.15) is 46.8 Å². The molecule has 2 rings (SSSR count). The number of carbonyl (C=O) groups is 2. The van der Waals surface area contributed by atoms with E-state index in [4.69, 9.17) is 0 Å². The van der Waals surface area contributed by atoms with Gasteiger partial charge in [-0.05, 0) is 19.8 Å². The number of thiazole rings is 1. The summed E-state index contributed by atoms with van der Waals surface area (Å²) in [7, 11) is 0. The standard InChI is InChI=1S/C13H18N2O3S/c1-8-14-7-11(19-8)12(16)15-10-6-4-2-3-5-9(10)13(17)18/h7,9-10H,2-6H2,1H3,(H,15,16)(H,17,18). The van der Waals surface area contributed by atoms with Gasteiger partial charge in [0.15, 0.2) is 0 Å². The second-order valence-corrected chi connectivity index (χ2v) is 6.14. The highest BCUT2D eigenvalue weighted by Crippen LogP contribution is 2.24. The zero-order chi connectivity index (χ0) is 13.8. The summed E-state index contributed by atoms with van der Waals surface area (Å²) < 4.78 is 0. The summed E-state index contributed by atoms with van der Waals surface area (Å²) in [4.78, 5) is 27.9. The van der Waals surface area contributed by atoms with E-state index < -0.39 is 11.9 Å². The van der Waals surface area contributed by atoms with E-state index in [-0.39, 0.29) is 11.9 Å². The molecule has 1 fully saturated rings. The van der Waals surface area contributed by atoms with E-state index in [9.17, 15) is 14.7 Å². The predicted molar refractivity (Wildman–Crippen MR) is 72.3 cm³/mol. The van der Waals surface area contributed by atoms with E-state index in [0.717, 1.165) is 30.7 Å². The van der Waals surface area contributed by atoms with Gasteiger partial charge in [0.1, 0.15) is 4.88 Å². The van der Waals surface area contributed by atoms with Crippen LogP contribution in [0.2, 0.25) is 0 Å². The molecule has 104 valence electrons. The minimum absolute atomic E-state index is 0.205. The van der Waals surface area contributed by atoms with Crippen LogP contribution in [-0.2, 0) is 4.79 Å². The van der Waals surface area contributed by atoms with Crippen LogP contribution in [0, 0.1) is 12.8 Å². The summed E-state index contributed by atoms with van der Waals surface area (Å²) in [5.74, 6) is -1.49. The SMILES string of the molecule is Cc1ncc(C(=O)NC2CCCCCC2C(=O)O)s1. The number of aliphatic carboxylic acids is 1. The third-order valence-electron chi connectivity index (χ3n) is 3.49. The monoisotopic (exact) mass is 282 g/mol. The molecule has 0 spiro atoms. The van der Waals surface area contributed by atoms with Gasteiger partial charge < -0.3 is 10.4 Å². The van der Waals surface area contributed by atoms with Crippen molar-refractivity contribution in [3.05, 3.63) is 16.1 Å². The molecule has 1 aromatic heterocycles. The second kappa shape index (κ2) is 6.14. The Morgan fingerprint density at radius 3 is 2.74 bits per heavy atom. The van der Waals surface area contributed by atoms with Gasteiger partial charge in [0.25, 0.3) is 5.91 Å². The molecule has 1 heterocycles. The van der Waals surface area contributed by atoms with E-state index in [1.807, 2.05) is 6.92 Å². The van der Waals surface area contributed by atoms with Crippen molar-refractivity contribution in [3.8, 4) is 0 Å². The van der Waals surface area contributed by atoms with Crippen molar-refractivity contribution in [3.63, 3.8) is 0 Å². The molecule has 5 nitrogen and oxygen atoms in total. The Balaban J connectivity index is 2.06. The van der Waals surface area contributed by atoms with Crippen LogP contribution in [0.15, 0.2) is 6.20 Å². The molecular formula is C13H18N2O3S. The summed E-state index contributed by atoms with van der Waals surface area (Å²) in [5.41, 5.74) is 0. The summed E-state index contributed by atoms with van der Waals surface area (Å²) >= 11 is 1.33. The van der Waals surface area contributed by atoms with Crippen LogP contribution in [-0.4, -0.2) is 28.0 Å². The van der Waals surface area contributed by atoms with Gasteiger partial charge >= 0.3 is 5.97 Å². The molecule has 2 atom stereocenters. The van der Waals surface area contributed by atoms with Crippen LogP contribution < -0.4 is 5.32 Å².